The summed E-state index contributed by atoms with van der Waals surface area (Å²) in [6.07, 6.45) is 0.101. The first-order chi connectivity index (χ1) is 13.5. The molecule has 0 saturated heterocycles. The second kappa shape index (κ2) is 7.67. The Hall–Kier alpha value is -2.81. The first-order valence-electron chi connectivity index (χ1n) is 8.51. The molecule has 0 aliphatic heterocycles. The summed E-state index contributed by atoms with van der Waals surface area (Å²) >= 11 is 3.42. The third-order valence-corrected chi connectivity index (χ3v) is 4.86. The maximum atomic E-state index is 14.3. The van der Waals surface area contributed by atoms with Crippen molar-refractivity contribution in [1.29, 1.82) is 0 Å². The zero-order valence-electron chi connectivity index (χ0n) is 14.5. The number of aromatic nitrogens is 3. The molecule has 0 unspecified atom stereocenters. The minimum absolute atomic E-state index is 0.356. The summed E-state index contributed by atoms with van der Waals surface area (Å²) in [7, 11) is 0. The summed E-state index contributed by atoms with van der Waals surface area (Å²) in [5, 5.41) is 26.2. The van der Waals surface area contributed by atoms with Crippen LogP contribution in [0.4, 0.5) is 10.2 Å². The van der Waals surface area contributed by atoms with Crippen LogP contribution in [0.1, 0.15) is 17.4 Å². The van der Waals surface area contributed by atoms with E-state index in [0.717, 1.165) is 5.56 Å². The summed E-state index contributed by atoms with van der Waals surface area (Å²) in [4.78, 5) is 4.53. The van der Waals surface area contributed by atoms with E-state index in [2.05, 4.69) is 31.3 Å². The van der Waals surface area contributed by atoms with E-state index in [9.17, 15) is 14.6 Å². The van der Waals surface area contributed by atoms with Crippen LogP contribution in [0, 0.1) is 5.82 Å². The van der Waals surface area contributed by atoms with Gasteiger partial charge in [-0.15, -0.1) is 0 Å². The summed E-state index contributed by atoms with van der Waals surface area (Å²) < 4.78 is 16.6. The maximum absolute atomic E-state index is 14.3. The molecule has 0 fully saturated rings. The Morgan fingerprint density at radius 2 is 1.93 bits per heavy atom. The van der Waals surface area contributed by atoms with Crippen LogP contribution in [-0.2, 0) is 6.54 Å². The summed E-state index contributed by atoms with van der Waals surface area (Å²) in [6, 6.07) is 15.2. The number of nitrogens with zero attached hydrogens (tertiary/aromatic N) is 3. The van der Waals surface area contributed by atoms with Crippen LogP contribution in [0.2, 0.25) is 0 Å². The number of nitrogens with one attached hydrogen (secondary N) is 1. The van der Waals surface area contributed by atoms with Crippen molar-refractivity contribution < 1.29 is 14.6 Å². The Bertz CT molecular complexity index is 1150. The molecule has 2 aromatic heterocycles. The Kier molecular flexibility index (Phi) is 5.08. The monoisotopic (exact) mass is 442 g/mol. The molecular formula is C20H16BrFN4O2. The Morgan fingerprint density at radius 1 is 1.11 bits per heavy atom. The average molecular weight is 443 g/mol. The van der Waals surface area contributed by atoms with Crippen molar-refractivity contribution in [3.05, 3.63) is 82.2 Å². The molecule has 3 N–H and O–H groups in total. The number of aliphatic hydroxyl groups excluding tert-OH is 1. The van der Waals surface area contributed by atoms with Crippen LogP contribution in [0.15, 0.2) is 65.3 Å². The van der Waals surface area contributed by atoms with Crippen LogP contribution in [0.25, 0.3) is 16.9 Å². The Balaban J connectivity index is 1.72. The standard InChI is InChI=1S/C20H16BrFN4O2/c21-15-11-24-26-18(23-10-12-4-3-5-13(8-12)20(27)28)9-17(25-19(15)26)14-6-1-2-7-16(14)22/h1-9,11,20,23,27-28H,10H2. The van der Waals surface area contributed by atoms with Crippen molar-refractivity contribution >= 4 is 27.4 Å². The predicted octanol–water partition coefficient (Wildman–Crippen LogP) is 3.89. The minimum Gasteiger partial charge on any atom is -0.366 e. The number of hydrogen-bond acceptors (Lipinski definition) is 5. The van der Waals surface area contributed by atoms with Crippen molar-refractivity contribution in [3.63, 3.8) is 0 Å². The van der Waals surface area contributed by atoms with Gasteiger partial charge in [0.15, 0.2) is 11.9 Å². The fourth-order valence-electron chi connectivity index (χ4n) is 2.93. The number of anilines is 1. The van der Waals surface area contributed by atoms with Crippen molar-refractivity contribution in [2.75, 3.05) is 5.32 Å². The van der Waals surface area contributed by atoms with E-state index in [1.165, 1.54) is 6.07 Å². The normalized spacial score (nSPS) is 11.3. The molecule has 0 saturated carbocycles. The number of rotatable bonds is 5. The molecule has 0 radical (unpaired) electrons. The van der Waals surface area contributed by atoms with E-state index in [1.807, 2.05) is 6.07 Å². The number of fused-ring (bicyclic) bond motifs is 1. The van der Waals surface area contributed by atoms with Crippen LogP contribution in [0.5, 0.6) is 0 Å². The fraction of sp³-hybridized carbons (Fsp3) is 0.100. The molecule has 0 amide bonds. The van der Waals surface area contributed by atoms with E-state index < -0.39 is 6.29 Å². The zero-order valence-corrected chi connectivity index (χ0v) is 16.1. The van der Waals surface area contributed by atoms with Gasteiger partial charge in [-0.2, -0.15) is 9.61 Å². The third kappa shape index (κ3) is 3.62. The SMILES string of the molecule is OC(O)c1cccc(CNc2cc(-c3ccccc3F)nc3c(Br)cnn23)c1. The molecule has 2 heterocycles. The quantitative estimate of drug-likeness (QED) is 0.408. The smallest absolute Gasteiger partial charge is 0.178 e. The van der Waals surface area contributed by atoms with Gasteiger partial charge < -0.3 is 15.5 Å². The molecule has 0 aliphatic rings. The van der Waals surface area contributed by atoms with E-state index in [1.54, 1.807) is 53.2 Å². The van der Waals surface area contributed by atoms with Gasteiger partial charge in [-0.1, -0.05) is 30.3 Å². The molecule has 28 heavy (non-hydrogen) atoms. The third-order valence-electron chi connectivity index (χ3n) is 4.30. The lowest BCUT2D eigenvalue weighted by Crippen LogP contribution is -2.07. The van der Waals surface area contributed by atoms with Gasteiger partial charge in [0.2, 0.25) is 0 Å². The number of hydrogen-bond donors (Lipinski definition) is 3. The van der Waals surface area contributed by atoms with Crippen LogP contribution < -0.4 is 5.32 Å². The van der Waals surface area contributed by atoms with Crippen molar-refractivity contribution in [3.8, 4) is 11.3 Å². The van der Waals surface area contributed by atoms with Crippen LogP contribution in [-0.4, -0.2) is 24.8 Å². The molecule has 6 nitrogen and oxygen atoms in total. The molecule has 0 aliphatic carbocycles. The van der Waals surface area contributed by atoms with Crippen LogP contribution >= 0.6 is 15.9 Å². The lowest BCUT2D eigenvalue weighted by molar-refractivity contribution is -0.0425. The van der Waals surface area contributed by atoms with Gasteiger partial charge in [-0.3, -0.25) is 0 Å². The van der Waals surface area contributed by atoms with E-state index in [4.69, 9.17) is 0 Å². The average Bonchev–Trinajstić information content (AvgIpc) is 3.08. The topological polar surface area (TPSA) is 82.7 Å². The number of aliphatic hydroxyl groups is 2. The molecule has 4 rings (SSSR count). The molecular weight excluding hydrogens is 427 g/mol. The van der Waals surface area contributed by atoms with E-state index in [-0.39, 0.29) is 5.82 Å². The molecule has 142 valence electrons. The molecule has 0 bridgehead atoms. The van der Waals surface area contributed by atoms with Crippen molar-refractivity contribution in [2.45, 2.75) is 12.8 Å². The first-order valence-corrected chi connectivity index (χ1v) is 9.30. The minimum atomic E-state index is -1.53. The summed E-state index contributed by atoms with van der Waals surface area (Å²) in [6.45, 7) is 0.411. The highest BCUT2D eigenvalue weighted by Crippen LogP contribution is 2.27. The highest BCUT2D eigenvalue weighted by molar-refractivity contribution is 9.10. The largest absolute Gasteiger partial charge is 0.366 e. The van der Waals surface area contributed by atoms with E-state index >= 15 is 0 Å². The Labute approximate surface area is 168 Å². The zero-order chi connectivity index (χ0) is 19.7. The lowest BCUT2D eigenvalue weighted by atomic mass is 10.1. The molecule has 2 aromatic carbocycles. The van der Waals surface area contributed by atoms with Crippen molar-refractivity contribution in [2.24, 2.45) is 0 Å². The molecule has 0 atom stereocenters. The van der Waals surface area contributed by atoms with Gasteiger partial charge in [0, 0.05) is 23.7 Å². The summed E-state index contributed by atoms with van der Waals surface area (Å²) in [5.41, 5.74) is 2.70. The fourth-order valence-corrected chi connectivity index (χ4v) is 3.27. The van der Waals surface area contributed by atoms with Gasteiger partial charge in [0.25, 0.3) is 0 Å². The van der Waals surface area contributed by atoms with Gasteiger partial charge in [0.1, 0.15) is 11.6 Å². The Morgan fingerprint density at radius 3 is 2.71 bits per heavy atom. The summed E-state index contributed by atoms with van der Waals surface area (Å²) in [5.74, 6) is 0.273. The van der Waals surface area contributed by atoms with Gasteiger partial charge in [-0.05, 0) is 39.7 Å². The van der Waals surface area contributed by atoms with Gasteiger partial charge in [0.05, 0.1) is 16.4 Å². The molecule has 4 aromatic rings. The first kappa shape index (κ1) is 18.5. The van der Waals surface area contributed by atoms with E-state index in [0.29, 0.717) is 39.3 Å². The molecule has 0 spiro atoms. The second-order valence-corrected chi connectivity index (χ2v) is 7.06. The highest BCUT2D eigenvalue weighted by Gasteiger charge is 2.14. The molecule has 8 heteroatoms. The van der Waals surface area contributed by atoms with Crippen LogP contribution in [0.3, 0.4) is 0 Å². The number of halogens is 2. The van der Waals surface area contributed by atoms with Gasteiger partial charge >= 0.3 is 0 Å². The lowest BCUT2D eigenvalue weighted by Gasteiger charge is -2.12. The van der Waals surface area contributed by atoms with Crippen molar-refractivity contribution in [1.82, 2.24) is 14.6 Å². The second-order valence-electron chi connectivity index (χ2n) is 6.21. The predicted molar refractivity (Wildman–Crippen MR) is 107 cm³/mol. The van der Waals surface area contributed by atoms with Gasteiger partial charge in [-0.25, -0.2) is 9.37 Å². The highest BCUT2D eigenvalue weighted by atomic mass is 79.9. The maximum Gasteiger partial charge on any atom is 0.178 e. The number of benzene rings is 2.